The van der Waals surface area contributed by atoms with E-state index in [0.717, 1.165) is 22.9 Å². The van der Waals surface area contributed by atoms with E-state index in [1.54, 1.807) is 30.9 Å². The van der Waals surface area contributed by atoms with E-state index in [-0.39, 0.29) is 5.78 Å². The van der Waals surface area contributed by atoms with Crippen LogP contribution in [0.5, 0.6) is 0 Å². The third kappa shape index (κ3) is 6.42. The summed E-state index contributed by atoms with van der Waals surface area (Å²) < 4.78 is 7.81. The molecule has 0 aliphatic carbocycles. The number of aromatic nitrogens is 4. The lowest BCUT2D eigenvalue weighted by Crippen LogP contribution is -2.22. The van der Waals surface area contributed by atoms with E-state index >= 15 is 0 Å². The zero-order valence-electron chi connectivity index (χ0n) is 22.4. The second kappa shape index (κ2) is 11.6. The fourth-order valence-electron chi connectivity index (χ4n) is 4.23. The third-order valence-electron chi connectivity index (χ3n) is 6.33. The molecule has 0 aliphatic heterocycles. The van der Waals surface area contributed by atoms with Gasteiger partial charge in [-0.25, -0.2) is 15.0 Å². The molecule has 0 amide bonds. The van der Waals surface area contributed by atoms with Gasteiger partial charge < -0.3 is 9.30 Å². The summed E-state index contributed by atoms with van der Waals surface area (Å²) in [6, 6.07) is 22.8. The summed E-state index contributed by atoms with van der Waals surface area (Å²) >= 11 is 0. The number of hydrogen-bond donors (Lipinski definition) is 0. The SMILES string of the molecule is C[Si](C)(C)CCOCn1cc(C(=O)c2cncc(N=C(c3ccccc3)c3ccccc3)c2)c2cncnc21. The van der Waals surface area contributed by atoms with Crippen molar-refractivity contribution in [3.63, 3.8) is 0 Å². The van der Waals surface area contributed by atoms with Crippen LogP contribution in [0.1, 0.15) is 27.0 Å². The second-order valence-corrected chi connectivity index (χ2v) is 16.2. The van der Waals surface area contributed by atoms with Gasteiger partial charge in [-0.2, -0.15) is 0 Å². The van der Waals surface area contributed by atoms with Crippen molar-refractivity contribution in [1.82, 2.24) is 19.5 Å². The molecule has 196 valence electrons. The van der Waals surface area contributed by atoms with Gasteiger partial charge in [-0.3, -0.25) is 9.78 Å². The molecule has 2 aromatic carbocycles. The molecule has 39 heavy (non-hydrogen) atoms. The molecule has 0 saturated heterocycles. The average Bonchev–Trinajstić information content (AvgIpc) is 3.33. The molecule has 0 saturated carbocycles. The monoisotopic (exact) mass is 533 g/mol. The molecule has 0 N–H and O–H groups in total. The molecular formula is C31H31N5O2Si. The van der Waals surface area contributed by atoms with E-state index in [9.17, 15) is 4.79 Å². The van der Waals surface area contributed by atoms with Gasteiger partial charge in [-0.1, -0.05) is 80.3 Å². The highest BCUT2D eigenvalue weighted by Crippen LogP contribution is 2.24. The van der Waals surface area contributed by atoms with Gasteiger partial charge in [-0.15, -0.1) is 0 Å². The van der Waals surface area contributed by atoms with Crippen LogP contribution in [0.25, 0.3) is 11.0 Å². The Kier molecular flexibility index (Phi) is 7.86. The van der Waals surface area contributed by atoms with Crippen LogP contribution >= 0.6 is 0 Å². The quantitative estimate of drug-likeness (QED) is 0.0881. The number of ketones is 1. The van der Waals surface area contributed by atoms with E-state index in [4.69, 9.17) is 9.73 Å². The maximum atomic E-state index is 13.7. The fraction of sp³-hybridized carbons (Fsp3) is 0.194. The summed E-state index contributed by atoms with van der Waals surface area (Å²) in [7, 11) is -1.20. The Balaban J connectivity index is 1.46. The molecule has 5 rings (SSSR count). The summed E-state index contributed by atoms with van der Waals surface area (Å²) in [5, 5.41) is 0.680. The fourth-order valence-corrected chi connectivity index (χ4v) is 4.99. The van der Waals surface area contributed by atoms with Crippen molar-refractivity contribution in [1.29, 1.82) is 0 Å². The average molecular weight is 534 g/mol. The minimum atomic E-state index is -1.20. The first-order valence-electron chi connectivity index (χ1n) is 12.9. The van der Waals surface area contributed by atoms with Crippen LogP contribution in [0.3, 0.4) is 0 Å². The molecule has 3 heterocycles. The molecule has 0 aliphatic rings. The van der Waals surface area contributed by atoms with Gasteiger partial charge in [-0.05, 0) is 12.1 Å². The Morgan fingerprint density at radius 3 is 2.26 bits per heavy atom. The first kappa shape index (κ1) is 26.3. The van der Waals surface area contributed by atoms with Crippen molar-refractivity contribution in [3.8, 4) is 0 Å². The highest BCUT2D eigenvalue weighted by atomic mass is 28.3. The Bertz CT molecular complexity index is 1570. The molecule has 0 fully saturated rings. The molecule has 0 radical (unpaired) electrons. The first-order valence-corrected chi connectivity index (χ1v) is 16.7. The Morgan fingerprint density at radius 2 is 1.59 bits per heavy atom. The van der Waals surface area contributed by atoms with Crippen molar-refractivity contribution >= 4 is 36.3 Å². The van der Waals surface area contributed by atoms with Crippen LogP contribution in [0.15, 0.2) is 103 Å². The maximum absolute atomic E-state index is 13.7. The van der Waals surface area contributed by atoms with Gasteiger partial charge in [0.25, 0.3) is 0 Å². The summed E-state index contributed by atoms with van der Waals surface area (Å²) in [4.78, 5) is 31.6. The van der Waals surface area contributed by atoms with Gasteiger partial charge in [0.1, 0.15) is 18.7 Å². The molecule has 0 unspecified atom stereocenters. The number of nitrogens with zero attached hydrogens (tertiary/aromatic N) is 5. The number of benzene rings is 2. The summed E-state index contributed by atoms with van der Waals surface area (Å²) in [5.41, 5.74) is 4.98. The van der Waals surface area contributed by atoms with E-state index in [0.29, 0.717) is 41.2 Å². The van der Waals surface area contributed by atoms with E-state index < -0.39 is 8.07 Å². The molecule has 5 aromatic rings. The Morgan fingerprint density at radius 1 is 0.897 bits per heavy atom. The van der Waals surface area contributed by atoms with Crippen LogP contribution in [0, 0.1) is 0 Å². The minimum absolute atomic E-state index is 0.166. The Hall–Kier alpha value is -4.27. The van der Waals surface area contributed by atoms with Crippen LogP contribution in [0.4, 0.5) is 5.69 Å². The highest BCUT2D eigenvalue weighted by Gasteiger charge is 2.19. The largest absolute Gasteiger partial charge is 0.361 e. The minimum Gasteiger partial charge on any atom is -0.361 e. The normalized spacial score (nSPS) is 11.5. The van der Waals surface area contributed by atoms with Gasteiger partial charge in [0.15, 0.2) is 5.78 Å². The van der Waals surface area contributed by atoms with Crippen molar-refractivity contribution in [2.24, 2.45) is 4.99 Å². The van der Waals surface area contributed by atoms with Gasteiger partial charge in [0.05, 0.1) is 23.2 Å². The number of hydrogen-bond acceptors (Lipinski definition) is 6. The third-order valence-corrected chi connectivity index (χ3v) is 8.04. The Labute approximate surface area is 229 Å². The summed E-state index contributed by atoms with van der Waals surface area (Å²) in [5.74, 6) is -0.166. The molecule has 0 atom stereocenters. The molecule has 0 bridgehead atoms. The number of carbonyl (C=O) groups excluding carboxylic acids is 1. The molecule has 8 heteroatoms. The van der Waals surface area contributed by atoms with Crippen LogP contribution < -0.4 is 0 Å². The number of carbonyl (C=O) groups is 1. The zero-order chi connectivity index (χ0) is 27.2. The van der Waals surface area contributed by atoms with Crippen molar-refractivity contribution in [2.45, 2.75) is 32.4 Å². The molecular weight excluding hydrogens is 502 g/mol. The molecule has 7 nitrogen and oxygen atoms in total. The van der Waals surface area contributed by atoms with E-state index in [2.05, 4.69) is 34.6 Å². The van der Waals surface area contributed by atoms with E-state index in [1.807, 2.05) is 65.2 Å². The second-order valence-electron chi connectivity index (χ2n) is 10.6. The maximum Gasteiger partial charge on any atom is 0.196 e. The number of fused-ring (bicyclic) bond motifs is 1. The van der Waals surface area contributed by atoms with E-state index in [1.165, 1.54) is 6.33 Å². The van der Waals surface area contributed by atoms with Crippen LogP contribution in [0.2, 0.25) is 25.7 Å². The molecule has 0 spiro atoms. The van der Waals surface area contributed by atoms with Gasteiger partial charge in [0, 0.05) is 55.3 Å². The zero-order valence-corrected chi connectivity index (χ0v) is 23.4. The smallest absolute Gasteiger partial charge is 0.196 e. The number of pyridine rings is 1. The van der Waals surface area contributed by atoms with Crippen LogP contribution in [-0.4, -0.2) is 45.7 Å². The van der Waals surface area contributed by atoms with Crippen molar-refractivity contribution in [2.75, 3.05) is 6.61 Å². The summed E-state index contributed by atoms with van der Waals surface area (Å²) in [6.45, 7) is 7.96. The van der Waals surface area contributed by atoms with Gasteiger partial charge in [0.2, 0.25) is 0 Å². The lowest BCUT2D eigenvalue weighted by atomic mass is 10.0. The predicted octanol–water partition coefficient (Wildman–Crippen LogP) is 6.54. The topological polar surface area (TPSA) is 82.3 Å². The predicted molar refractivity (Wildman–Crippen MR) is 157 cm³/mol. The van der Waals surface area contributed by atoms with Crippen molar-refractivity contribution < 1.29 is 9.53 Å². The first-order chi connectivity index (χ1) is 18.9. The lowest BCUT2D eigenvalue weighted by molar-refractivity contribution is 0.0896. The summed E-state index contributed by atoms with van der Waals surface area (Å²) in [6.07, 6.45) is 8.20. The number of rotatable bonds is 10. The van der Waals surface area contributed by atoms with Crippen molar-refractivity contribution in [3.05, 3.63) is 120 Å². The number of ether oxygens (including phenoxy) is 1. The number of aliphatic imine (C=N–C) groups is 1. The highest BCUT2D eigenvalue weighted by molar-refractivity contribution is 6.76. The molecule has 3 aromatic heterocycles. The standard InChI is InChI=1S/C31H31N5O2Si/c1-39(2,3)15-14-38-22-36-20-28(27-19-33-21-34-31(27)36)30(37)25-16-26(18-32-17-25)35-29(23-10-6-4-7-11-23)24-12-8-5-9-13-24/h4-13,16-21H,14-15,22H2,1-3H3. The van der Waals surface area contributed by atoms with Crippen LogP contribution in [-0.2, 0) is 11.5 Å². The lowest BCUT2D eigenvalue weighted by Gasteiger charge is -2.15. The van der Waals surface area contributed by atoms with Gasteiger partial charge >= 0.3 is 0 Å².